The molecular formula is C15H22N2OS. The van der Waals surface area contributed by atoms with E-state index in [2.05, 4.69) is 0 Å². The lowest BCUT2D eigenvalue weighted by molar-refractivity contribution is 0.0827. The second-order valence-electron chi connectivity index (χ2n) is 5.33. The number of hydrogen-bond donors (Lipinski definition) is 1. The van der Waals surface area contributed by atoms with Crippen LogP contribution in [0.3, 0.4) is 0 Å². The smallest absolute Gasteiger partial charge is 0.253 e. The molecule has 1 aromatic carbocycles. The second kappa shape index (κ2) is 6.33. The van der Waals surface area contributed by atoms with Crippen LogP contribution in [0, 0.1) is 0 Å². The van der Waals surface area contributed by atoms with Crippen LogP contribution in [0.1, 0.15) is 42.5 Å². The molecule has 0 saturated heterocycles. The van der Waals surface area contributed by atoms with Gasteiger partial charge in [-0.1, -0.05) is 19.3 Å². The molecule has 0 heterocycles. The molecule has 1 aromatic rings. The van der Waals surface area contributed by atoms with Crippen molar-refractivity contribution in [3.63, 3.8) is 0 Å². The molecule has 1 saturated carbocycles. The summed E-state index contributed by atoms with van der Waals surface area (Å²) in [5.41, 5.74) is 7.54. The van der Waals surface area contributed by atoms with Crippen molar-refractivity contribution in [1.82, 2.24) is 4.90 Å². The molecule has 0 bridgehead atoms. The van der Waals surface area contributed by atoms with Crippen LogP contribution in [-0.4, -0.2) is 30.2 Å². The maximum Gasteiger partial charge on any atom is 0.253 e. The lowest BCUT2D eigenvalue weighted by atomic mass is 10.0. The van der Waals surface area contributed by atoms with Crippen molar-refractivity contribution in [2.75, 3.05) is 19.8 Å². The van der Waals surface area contributed by atoms with Crippen LogP contribution in [0.4, 0.5) is 5.69 Å². The Morgan fingerprint density at radius 1 is 1.26 bits per heavy atom. The molecule has 0 atom stereocenters. The summed E-state index contributed by atoms with van der Waals surface area (Å²) in [6.07, 6.45) is 6.50. The first-order chi connectivity index (χ1) is 9.08. The van der Waals surface area contributed by atoms with Gasteiger partial charge in [-0.25, -0.2) is 0 Å². The van der Waals surface area contributed by atoms with E-state index in [0.717, 1.165) is 16.1 Å². The number of anilines is 1. The Hall–Kier alpha value is -1.16. The van der Waals surface area contributed by atoms with Gasteiger partial charge in [0.2, 0.25) is 0 Å². The largest absolute Gasteiger partial charge is 0.398 e. The number of amides is 1. The number of nitrogens with zero attached hydrogens (tertiary/aromatic N) is 1. The van der Waals surface area contributed by atoms with Gasteiger partial charge in [-0.15, -0.1) is 11.8 Å². The summed E-state index contributed by atoms with van der Waals surface area (Å²) in [6.45, 7) is 0. The summed E-state index contributed by atoms with van der Waals surface area (Å²) in [6, 6.07) is 5.60. The monoisotopic (exact) mass is 278 g/mol. The van der Waals surface area contributed by atoms with Gasteiger partial charge in [0.15, 0.2) is 0 Å². The summed E-state index contributed by atoms with van der Waals surface area (Å²) < 4.78 is 0. The molecule has 2 rings (SSSR count). The number of hydrogen-bond acceptors (Lipinski definition) is 3. The van der Waals surface area contributed by atoms with E-state index in [9.17, 15) is 4.79 Å². The van der Waals surface area contributed by atoms with Crippen LogP contribution in [-0.2, 0) is 0 Å². The third-order valence-electron chi connectivity index (χ3n) is 3.51. The van der Waals surface area contributed by atoms with E-state index in [1.807, 2.05) is 30.0 Å². The Bertz CT molecular complexity index is 453. The molecular weight excluding hydrogens is 256 g/mol. The number of benzene rings is 1. The van der Waals surface area contributed by atoms with Crippen molar-refractivity contribution in [2.45, 2.75) is 42.2 Å². The molecule has 1 amide bonds. The topological polar surface area (TPSA) is 46.3 Å². The van der Waals surface area contributed by atoms with E-state index in [1.165, 1.54) is 32.1 Å². The minimum atomic E-state index is 0.0329. The minimum Gasteiger partial charge on any atom is -0.398 e. The summed E-state index contributed by atoms with van der Waals surface area (Å²) in [5, 5.41) is 0.653. The van der Waals surface area contributed by atoms with Crippen molar-refractivity contribution in [2.24, 2.45) is 0 Å². The third-order valence-corrected chi connectivity index (χ3v) is 4.92. The first-order valence-electron chi connectivity index (χ1n) is 6.86. The van der Waals surface area contributed by atoms with Crippen molar-refractivity contribution in [3.8, 4) is 0 Å². The first kappa shape index (κ1) is 14.3. The Morgan fingerprint density at radius 3 is 2.58 bits per heavy atom. The lowest BCUT2D eigenvalue weighted by Crippen LogP contribution is -2.21. The van der Waals surface area contributed by atoms with Gasteiger partial charge in [0.25, 0.3) is 5.91 Å². The van der Waals surface area contributed by atoms with Crippen LogP contribution in [0.5, 0.6) is 0 Å². The molecule has 2 N–H and O–H groups in total. The normalized spacial score (nSPS) is 16.3. The highest BCUT2D eigenvalue weighted by Gasteiger charge is 2.17. The van der Waals surface area contributed by atoms with E-state index in [1.54, 1.807) is 19.0 Å². The number of carbonyl (C=O) groups is 1. The fourth-order valence-electron chi connectivity index (χ4n) is 2.39. The average molecular weight is 278 g/mol. The zero-order valence-electron chi connectivity index (χ0n) is 11.7. The van der Waals surface area contributed by atoms with Crippen molar-refractivity contribution >= 4 is 23.4 Å². The Labute approximate surface area is 119 Å². The maximum absolute atomic E-state index is 12.0. The average Bonchev–Trinajstić information content (AvgIpc) is 2.41. The molecule has 1 aliphatic rings. The summed E-state index contributed by atoms with van der Waals surface area (Å²) in [4.78, 5) is 14.6. The highest BCUT2D eigenvalue weighted by atomic mass is 32.2. The van der Waals surface area contributed by atoms with Crippen LogP contribution in [0.15, 0.2) is 23.1 Å². The van der Waals surface area contributed by atoms with Gasteiger partial charge in [-0.3, -0.25) is 4.79 Å². The second-order valence-corrected chi connectivity index (χ2v) is 6.67. The highest BCUT2D eigenvalue weighted by Crippen LogP contribution is 2.36. The van der Waals surface area contributed by atoms with E-state index < -0.39 is 0 Å². The van der Waals surface area contributed by atoms with Crippen LogP contribution in [0.25, 0.3) is 0 Å². The van der Waals surface area contributed by atoms with Crippen molar-refractivity contribution in [1.29, 1.82) is 0 Å². The fourth-order valence-corrected chi connectivity index (χ4v) is 3.72. The molecule has 0 radical (unpaired) electrons. The van der Waals surface area contributed by atoms with E-state index in [-0.39, 0.29) is 5.91 Å². The Kier molecular flexibility index (Phi) is 4.75. The van der Waals surface area contributed by atoms with Gasteiger partial charge in [0.05, 0.1) is 0 Å². The van der Waals surface area contributed by atoms with Crippen molar-refractivity contribution < 1.29 is 4.79 Å². The number of thioether (sulfide) groups is 1. The first-order valence-corrected chi connectivity index (χ1v) is 7.73. The minimum absolute atomic E-state index is 0.0329. The Morgan fingerprint density at radius 2 is 1.95 bits per heavy atom. The molecule has 1 fully saturated rings. The zero-order valence-corrected chi connectivity index (χ0v) is 12.5. The van der Waals surface area contributed by atoms with Crippen LogP contribution >= 0.6 is 11.8 Å². The molecule has 0 aromatic heterocycles. The summed E-state index contributed by atoms with van der Waals surface area (Å²) in [7, 11) is 3.54. The van der Waals surface area contributed by atoms with E-state index >= 15 is 0 Å². The standard InChI is InChI=1S/C15H22N2OS/c1-17(2)15(18)11-8-9-13(16)14(10-11)19-12-6-4-3-5-7-12/h8-10,12H,3-7,16H2,1-2H3. The SMILES string of the molecule is CN(C)C(=O)c1ccc(N)c(SC2CCCCC2)c1. The van der Waals surface area contributed by atoms with Crippen LogP contribution in [0.2, 0.25) is 0 Å². The summed E-state index contributed by atoms with van der Waals surface area (Å²) in [5.74, 6) is 0.0329. The lowest BCUT2D eigenvalue weighted by Gasteiger charge is -2.22. The molecule has 0 unspecified atom stereocenters. The molecule has 0 aliphatic heterocycles. The predicted molar refractivity (Wildman–Crippen MR) is 81.6 cm³/mol. The van der Waals surface area contributed by atoms with Crippen molar-refractivity contribution in [3.05, 3.63) is 23.8 Å². The predicted octanol–water partition coefficient (Wildman–Crippen LogP) is 3.40. The molecule has 19 heavy (non-hydrogen) atoms. The van der Waals surface area contributed by atoms with Gasteiger partial charge < -0.3 is 10.6 Å². The number of carbonyl (C=O) groups excluding carboxylic acids is 1. The van der Waals surface area contributed by atoms with Gasteiger partial charge in [-0.05, 0) is 31.0 Å². The molecule has 0 spiro atoms. The van der Waals surface area contributed by atoms with Crippen LogP contribution < -0.4 is 5.73 Å². The molecule has 3 nitrogen and oxygen atoms in total. The summed E-state index contributed by atoms with van der Waals surface area (Å²) >= 11 is 1.84. The zero-order chi connectivity index (χ0) is 13.8. The van der Waals surface area contributed by atoms with Gasteiger partial charge in [0.1, 0.15) is 0 Å². The van der Waals surface area contributed by atoms with E-state index in [4.69, 9.17) is 5.73 Å². The molecule has 1 aliphatic carbocycles. The molecule has 4 heteroatoms. The quantitative estimate of drug-likeness (QED) is 0.862. The number of rotatable bonds is 3. The molecule has 104 valence electrons. The van der Waals surface area contributed by atoms with Gasteiger partial charge in [0, 0.05) is 35.5 Å². The number of nitrogen functional groups attached to an aromatic ring is 1. The van der Waals surface area contributed by atoms with E-state index in [0.29, 0.717) is 5.25 Å². The van der Waals surface area contributed by atoms with Gasteiger partial charge in [-0.2, -0.15) is 0 Å². The fraction of sp³-hybridized carbons (Fsp3) is 0.533. The Balaban J connectivity index is 2.14. The third kappa shape index (κ3) is 3.66. The maximum atomic E-state index is 12.0. The highest BCUT2D eigenvalue weighted by molar-refractivity contribution is 8.00. The number of nitrogens with two attached hydrogens (primary N) is 1. The van der Waals surface area contributed by atoms with Gasteiger partial charge >= 0.3 is 0 Å².